The fourth-order valence-corrected chi connectivity index (χ4v) is 4.86. The number of benzene rings is 3. The average Bonchev–Trinajstić information content (AvgIpc) is 3.05. The van der Waals surface area contributed by atoms with Gasteiger partial charge in [-0.2, -0.15) is 0 Å². The van der Waals surface area contributed by atoms with E-state index in [1.54, 1.807) is 31.5 Å². The number of fused-ring (bicyclic) bond motifs is 1. The molecule has 0 atom stereocenters. The molecular weight excluding hydrogens is 567 g/mol. The van der Waals surface area contributed by atoms with Gasteiger partial charge in [0.1, 0.15) is 11.3 Å². The lowest BCUT2D eigenvalue weighted by molar-refractivity contribution is -0.136. The highest BCUT2D eigenvalue weighted by atomic mass is 19.1. The van der Waals surface area contributed by atoms with Crippen LogP contribution < -0.4 is 24.8 Å². The number of hydrogen-bond donors (Lipinski definition) is 2. The Labute approximate surface area is 255 Å². The maximum Gasteiger partial charge on any atom is 0.313 e. The Kier molecular flexibility index (Phi) is 10.6. The maximum atomic E-state index is 15.0. The molecule has 1 saturated heterocycles. The van der Waals surface area contributed by atoms with E-state index < -0.39 is 17.6 Å². The van der Waals surface area contributed by atoms with Gasteiger partial charge in [-0.3, -0.25) is 19.5 Å². The smallest absolute Gasteiger partial charge is 0.313 e. The van der Waals surface area contributed by atoms with E-state index in [0.717, 1.165) is 50.9 Å². The Morgan fingerprint density at radius 2 is 1.77 bits per heavy atom. The summed E-state index contributed by atoms with van der Waals surface area (Å²) < 4.78 is 38.0. The summed E-state index contributed by atoms with van der Waals surface area (Å²) in [7, 11) is 1.54. The lowest BCUT2D eigenvalue weighted by Gasteiger charge is -2.26. The van der Waals surface area contributed by atoms with Crippen molar-refractivity contribution < 1.29 is 32.9 Å². The van der Waals surface area contributed by atoms with E-state index in [0.29, 0.717) is 47.7 Å². The molecule has 230 valence electrons. The van der Waals surface area contributed by atoms with E-state index in [-0.39, 0.29) is 11.4 Å². The molecule has 4 aromatic rings. The molecule has 44 heavy (non-hydrogen) atoms. The van der Waals surface area contributed by atoms with Crippen molar-refractivity contribution in [1.29, 1.82) is 0 Å². The second-order valence-electron chi connectivity index (χ2n) is 10.2. The molecule has 1 aromatic heterocycles. The number of nitrogens with zero attached hydrogens (tertiary/aromatic N) is 2. The largest absolute Gasteiger partial charge is 0.491 e. The van der Waals surface area contributed by atoms with Crippen LogP contribution >= 0.6 is 0 Å². The fraction of sp³-hybridized carbons (Fsp3) is 0.303. The van der Waals surface area contributed by atoms with Gasteiger partial charge in [-0.05, 0) is 48.7 Å². The quantitative estimate of drug-likeness (QED) is 0.179. The zero-order valence-corrected chi connectivity index (χ0v) is 24.5. The molecule has 1 aliphatic rings. The number of hydrogen-bond acceptors (Lipinski definition) is 8. The van der Waals surface area contributed by atoms with Gasteiger partial charge in [0.05, 0.1) is 26.9 Å². The number of anilines is 1. The number of aromatic nitrogens is 1. The lowest BCUT2D eigenvalue weighted by atomic mass is 10.1. The van der Waals surface area contributed by atoms with E-state index in [1.165, 1.54) is 12.1 Å². The molecule has 11 heteroatoms. The van der Waals surface area contributed by atoms with Gasteiger partial charge < -0.3 is 29.6 Å². The number of carbonyl (C=O) groups is 2. The number of ether oxygens (including phenoxy) is 4. The highest BCUT2D eigenvalue weighted by Gasteiger charge is 2.18. The van der Waals surface area contributed by atoms with Gasteiger partial charge in [0, 0.05) is 49.5 Å². The second-order valence-corrected chi connectivity index (χ2v) is 10.2. The molecule has 10 nitrogen and oxygen atoms in total. The van der Waals surface area contributed by atoms with E-state index in [9.17, 15) is 9.59 Å². The monoisotopic (exact) mass is 602 g/mol. The first-order valence-corrected chi connectivity index (χ1v) is 14.5. The summed E-state index contributed by atoms with van der Waals surface area (Å²) in [5.74, 6) is -1.10. The highest BCUT2D eigenvalue weighted by Crippen LogP contribution is 2.39. The van der Waals surface area contributed by atoms with Crippen LogP contribution in [0.3, 0.4) is 0 Å². The van der Waals surface area contributed by atoms with Gasteiger partial charge in [-0.25, -0.2) is 4.39 Å². The van der Waals surface area contributed by atoms with Crippen LogP contribution in [0.1, 0.15) is 12.0 Å². The summed E-state index contributed by atoms with van der Waals surface area (Å²) >= 11 is 0. The van der Waals surface area contributed by atoms with Crippen molar-refractivity contribution in [3.05, 3.63) is 84.3 Å². The van der Waals surface area contributed by atoms with Crippen molar-refractivity contribution in [3.8, 4) is 23.0 Å². The third-order valence-corrected chi connectivity index (χ3v) is 7.13. The van der Waals surface area contributed by atoms with Crippen molar-refractivity contribution in [3.63, 3.8) is 0 Å². The Morgan fingerprint density at radius 3 is 2.55 bits per heavy atom. The molecule has 2 heterocycles. The third kappa shape index (κ3) is 8.00. The summed E-state index contributed by atoms with van der Waals surface area (Å²) in [5.41, 5.74) is 1.67. The first-order valence-electron chi connectivity index (χ1n) is 14.5. The first-order chi connectivity index (χ1) is 21.5. The third-order valence-electron chi connectivity index (χ3n) is 7.13. The van der Waals surface area contributed by atoms with Crippen LogP contribution in [0, 0.1) is 5.82 Å². The van der Waals surface area contributed by atoms with Gasteiger partial charge in [0.25, 0.3) is 0 Å². The van der Waals surface area contributed by atoms with Gasteiger partial charge in [-0.15, -0.1) is 0 Å². The van der Waals surface area contributed by atoms with Crippen LogP contribution in [0.5, 0.6) is 23.0 Å². The van der Waals surface area contributed by atoms with E-state index in [1.807, 2.05) is 30.3 Å². The number of pyridine rings is 1. The topological polar surface area (TPSA) is 111 Å². The molecule has 0 aliphatic carbocycles. The summed E-state index contributed by atoms with van der Waals surface area (Å²) in [5, 5.41) is 5.59. The number of rotatable bonds is 12. The summed E-state index contributed by atoms with van der Waals surface area (Å²) in [6, 6.07) is 18.7. The van der Waals surface area contributed by atoms with E-state index in [2.05, 4.69) is 20.5 Å². The van der Waals surface area contributed by atoms with Crippen LogP contribution in [0.4, 0.5) is 10.1 Å². The Balaban J connectivity index is 1.19. The minimum Gasteiger partial charge on any atom is -0.491 e. The molecule has 2 amide bonds. The minimum absolute atomic E-state index is 0.0646. The maximum absolute atomic E-state index is 15.0. The molecule has 0 bridgehead atoms. The van der Waals surface area contributed by atoms with Crippen LogP contribution in [0.2, 0.25) is 0 Å². The van der Waals surface area contributed by atoms with Crippen molar-refractivity contribution in [2.45, 2.75) is 12.8 Å². The number of nitrogens with one attached hydrogen (secondary N) is 2. The molecule has 2 N–H and O–H groups in total. The predicted molar refractivity (Wildman–Crippen MR) is 164 cm³/mol. The van der Waals surface area contributed by atoms with Crippen molar-refractivity contribution in [2.75, 3.05) is 58.4 Å². The number of carbonyl (C=O) groups excluding carboxylic acids is 2. The molecule has 1 aliphatic heterocycles. The molecule has 0 unspecified atom stereocenters. The van der Waals surface area contributed by atoms with Gasteiger partial charge in [0.2, 0.25) is 0 Å². The number of amides is 2. The van der Waals surface area contributed by atoms with Gasteiger partial charge in [-0.1, -0.05) is 30.3 Å². The Bertz CT molecular complexity index is 1580. The van der Waals surface area contributed by atoms with Crippen LogP contribution in [0.15, 0.2) is 72.9 Å². The van der Waals surface area contributed by atoms with Crippen molar-refractivity contribution in [2.24, 2.45) is 0 Å². The SMILES string of the molecule is COc1c(OCCCN2CCOCC2)ccc2c(Oc3ccc(NC(=O)C(=O)NCCc4ccccc4)cc3F)ccnc12. The molecule has 5 rings (SSSR count). The lowest BCUT2D eigenvalue weighted by Crippen LogP contribution is -2.37. The zero-order chi connectivity index (χ0) is 30.7. The molecule has 0 spiro atoms. The summed E-state index contributed by atoms with van der Waals surface area (Å²) in [6.07, 6.45) is 2.98. The molecular formula is C33H35FN4O6. The highest BCUT2D eigenvalue weighted by molar-refractivity contribution is 6.39. The second kappa shape index (κ2) is 15.1. The van der Waals surface area contributed by atoms with E-state index >= 15 is 4.39 Å². The molecule has 1 fully saturated rings. The Morgan fingerprint density at radius 1 is 0.977 bits per heavy atom. The van der Waals surface area contributed by atoms with Crippen molar-refractivity contribution in [1.82, 2.24) is 15.2 Å². The molecule has 3 aromatic carbocycles. The van der Waals surface area contributed by atoms with Gasteiger partial charge >= 0.3 is 11.8 Å². The summed E-state index contributed by atoms with van der Waals surface area (Å²) in [4.78, 5) is 31.3. The normalized spacial score (nSPS) is 13.3. The van der Waals surface area contributed by atoms with Crippen LogP contribution in [-0.2, 0) is 20.7 Å². The van der Waals surface area contributed by atoms with Crippen molar-refractivity contribution >= 4 is 28.4 Å². The molecule has 0 radical (unpaired) electrons. The summed E-state index contributed by atoms with van der Waals surface area (Å²) in [6.45, 7) is 5.10. The standard InChI is InChI=1S/C33H35FN4O6/c1-41-31-29(43-19-5-16-38-17-20-42-21-18-38)11-9-25-27(13-15-35-30(25)31)44-28-10-8-24(22-26(28)34)37-33(40)32(39)36-14-12-23-6-3-2-4-7-23/h2-4,6-11,13,15,22H,5,12,14,16-21H2,1H3,(H,36,39)(H,37,40). The Hall–Kier alpha value is -4.74. The van der Waals surface area contributed by atoms with E-state index in [4.69, 9.17) is 18.9 Å². The zero-order valence-electron chi connectivity index (χ0n) is 24.5. The molecule has 0 saturated carbocycles. The van der Waals surface area contributed by atoms with Gasteiger partial charge in [0.15, 0.2) is 23.1 Å². The average molecular weight is 603 g/mol. The predicted octanol–water partition coefficient (Wildman–Crippen LogP) is 4.57. The number of methoxy groups -OCH3 is 1. The van der Waals surface area contributed by atoms with Crippen LogP contribution in [0.25, 0.3) is 10.9 Å². The number of morpholine rings is 1. The fourth-order valence-electron chi connectivity index (χ4n) is 4.86. The first kappa shape index (κ1) is 30.7. The minimum atomic E-state index is -0.891. The number of halogens is 1. The van der Waals surface area contributed by atoms with Crippen LogP contribution in [-0.4, -0.2) is 74.8 Å².